The Bertz CT molecular complexity index is 660. The molecule has 1 fully saturated rings. The second-order valence-electron chi connectivity index (χ2n) is 6.04. The van der Waals surface area contributed by atoms with Crippen molar-refractivity contribution in [3.05, 3.63) is 28.8 Å². The summed E-state index contributed by atoms with van der Waals surface area (Å²) in [7, 11) is -1.97. The van der Waals surface area contributed by atoms with Crippen LogP contribution < -0.4 is 5.32 Å². The van der Waals surface area contributed by atoms with Gasteiger partial charge < -0.3 is 5.32 Å². The van der Waals surface area contributed by atoms with Crippen molar-refractivity contribution >= 4 is 15.9 Å². The molecule has 1 aliphatic rings. The van der Waals surface area contributed by atoms with Crippen molar-refractivity contribution in [2.24, 2.45) is 5.92 Å². The minimum Gasteiger partial charge on any atom is -0.359 e. The Morgan fingerprint density at radius 1 is 1.23 bits per heavy atom. The van der Waals surface area contributed by atoms with Crippen molar-refractivity contribution in [2.45, 2.75) is 38.5 Å². The van der Waals surface area contributed by atoms with Crippen LogP contribution in [0.3, 0.4) is 0 Å². The summed E-state index contributed by atoms with van der Waals surface area (Å²) in [5.74, 6) is -0.350. The third-order valence-corrected chi connectivity index (χ3v) is 6.38. The van der Waals surface area contributed by atoms with Gasteiger partial charge in [-0.25, -0.2) is 8.42 Å². The van der Waals surface area contributed by atoms with E-state index in [0.717, 1.165) is 23.1 Å². The van der Waals surface area contributed by atoms with Crippen LogP contribution in [0.5, 0.6) is 0 Å². The Hall–Kier alpha value is -1.40. The molecule has 1 saturated heterocycles. The molecular weight excluding hydrogens is 300 g/mol. The maximum absolute atomic E-state index is 13.0. The van der Waals surface area contributed by atoms with Crippen molar-refractivity contribution in [1.82, 2.24) is 9.62 Å². The predicted octanol–water partition coefficient (Wildman–Crippen LogP) is 1.76. The van der Waals surface area contributed by atoms with E-state index in [1.165, 1.54) is 4.31 Å². The van der Waals surface area contributed by atoms with Gasteiger partial charge in [-0.3, -0.25) is 4.79 Å². The Kier molecular flexibility index (Phi) is 4.92. The number of rotatable bonds is 3. The fourth-order valence-corrected chi connectivity index (χ4v) is 5.22. The van der Waals surface area contributed by atoms with E-state index >= 15 is 0 Å². The molecule has 0 aliphatic carbocycles. The van der Waals surface area contributed by atoms with E-state index in [2.05, 4.69) is 5.32 Å². The molecule has 1 heterocycles. The largest absolute Gasteiger partial charge is 0.359 e. The molecule has 22 heavy (non-hydrogen) atoms. The second-order valence-corrected chi connectivity index (χ2v) is 7.92. The van der Waals surface area contributed by atoms with Crippen LogP contribution in [-0.2, 0) is 14.8 Å². The molecular formula is C16H24N2O3S. The molecule has 5 nitrogen and oxygen atoms in total. The Balaban J connectivity index is 2.37. The van der Waals surface area contributed by atoms with Crippen LogP contribution in [0.4, 0.5) is 0 Å². The molecule has 0 aromatic heterocycles. The molecule has 1 amide bonds. The fraction of sp³-hybridized carbons (Fsp3) is 0.562. The Morgan fingerprint density at radius 3 is 2.36 bits per heavy atom. The first-order valence-electron chi connectivity index (χ1n) is 7.57. The number of aryl methyl sites for hydroxylation is 3. The maximum Gasteiger partial charge on any atom is 0.243 e. The molecule has 0 radical (unpaired) electrons. The highest BCUT2D eigenvalue weighted by molar-refractivity contribution is 7.89. The molecule has 2 rings (SSSR count). The first kappa shape index (κ1) is 17.0. The molecule has 1 N–H and O–H groups in total. The number of nitrogens with one attached hydrogen (secondary N) is 1. The van der Waals surface area contributed by atoms with Crippen LogP contribution >= 0.6 is 0 Å². The van der Waals surface area contributed by atoms with Gasteiger partial charge in [0.1, 0.15) is 0 Å². The molecule has 1 aromatic rings. The number of benzene rings is 1. The topological polar surface area (TPSA) is 66.5 Å². The summed E-state index contributed by atoms with van der Waals surface area (Å²) in [4.78, 5) is 12.2. The molecule has 122 valence electrons. The summed E-state index contributed by atoms with van der Waals surface area (Å²) in [5, 5.41) is 2.62. The number of carbonyl (C=O) groups excluding carboxylic acids is 1. The van der Waals surface area contributed by atoms with Gasteiger partial charge in [-0.15, -0.1) is 0 Å². The molecule has 0 bridgehead atoms. The van der Waals surface area contributed by atoms with E-state index in [-0.39, 0.29) is 18.4 Å². The van der Waals surface area contributed by atoms with E-state index < -0.39 is 10.0 Å². The highest BCUT2D eigenvalue weighted by Crippen LogP contribution is 2.28. The highest BCUT2D eigenvalue weighted by atomic mass is 32.2. The molecule has 1 unspecified atom stereocenters. The van der Waals surface area contributed by atoms with Crippen molar-refractivity contribution in [1.29, 1.82) is 0 Å². The third-order valence-electron chi connectivity index (χ3n) is 4.20. The molecule has 1 atom stereocenters. The van der Waals surface area contributed by atoms with E-state index in [1.54, 1.807) is 7.05 Å². The van der Waals surface area contributed by atoms with Crippen molar-refractivity contribution in [3.63, 3.8) is 0 Å². The van der Waals surface area contributed by atoms with Gasteiger partial charge in [-0.1, -0.05) is 17.7 Å². The van der Waals surface area contributed by atoms with Crippen LogP contribution in [0.15, 0.2) is 17.0 Å². The summed E-state index contributed by atoms with van der Waals surface area (Å²) in [5.41, 5.74) is 2.58. The highest BCUT2D eigenvalue weighted by Gasteiger charge is 2.34. The lowest BCUT2D eigenvalue weighted by Crippen LogP contribution is -2.45. The third kappa shape index (κ3) is 3.17. The van der Waals surface area contributed by atoms with E-state index in [1.807, 2.05) is 32.9 Å². The van der Waals surface area contributed by atoms with Gasteiger partial charge in [0, 0.05) is 20.1 Å². The van der Waals surface area contributed by atoms with Crippen LogP contribution in [0.25, 0.3) is 0 Å². The van der Waals surface area contributed by atoms with Crippen molar-refractivity contribution in [2.75, 3.05) is 20.1 Å². The fourth-order valence-electron chi connectivity index (χ4n) is 3.28. The Morgan fingerprint density at radius 2 is 1.82 bits per heavy atom. The predicted molar refractivity (Wildman–Crippen MR) is 86.2 cm³/mol. The zero-order chi connectivity index (χ0) is 16.5. The van der Waals surface area contributed by atoms with Gasteiger partial charge in [0.2, 0.25) is 15.9 Å². The molecule has 1 aromatic carbocycles. The Labute approximate surface area is 132 Å². The van der Waals surface area contributed by atoms with E-state index in [0.29, 0.717) is 17.9 Å². The molecule has 0 spiro atoms. The quantitative estimate of drug-likeness (QED) is 0.921. The van der Waals surface area contributed by atoms with Gasteiger partial charge in [-0.2, -0.15) is 4.31 Å². The first-order chi connectivity index (χ1) is 10.3. The normalized spacial score (nSPS) is 19.9. The number of sulfonamides is 1. The molecule has 6 heteroatoms. The van der Waals surface area contributed by atoms with E-state index in [9.17, 15) is 13.2 Å². The summed E-state index contributed by atoms with van der Waals surface area (Å²) in [6.07, 6.45) is 1.44. The van der Waals surface area contributed by atoms with Crippen molar-refractivity contribution < 1.29 is 13.2 Å². The SMILES string of the molecule is CNC(=O)C1CCCN(S(=O)(=O)c2c(C)cc(C)cc2C)C1. The smallest absolute Gasteiger partial charge is 0.243 e. The number of nitrogens with zero attached hydrogens (tertiary/aromatic N) is 1. The molecule has 1 aliphatic heterocycles. The lowest BCUT2D eigenvalue weighted by atomic mass is 9.99. The van der Waals surface area contributed by atoms with Gasteiger partial charge >= 0.3 is 0 Å². The number of carbonyl (C=O) groups is 1. The zero-order valence-electron chi connectivity index (χ0n) is 13.6. The number of hydrogen-bond donors (Lipinski definition) is 1. The second kappa shape index (κ2) is 6.38. The number of piperidine rings is 1. The summed E-state index contributed by atoms with van der Waals surface area (Å²) in [6, 6.07) is 3.78. The van der Waals surface area contributed by atoms with Gasteiger partial charge in [-0.05, 0) is 44.7 Å². The lowest BCUT2D eigenvalue weighted by Gasteiger charge is -2.31. The van der Waals surface area contributed by atoms with Gasteiger partial charge in [0.15, 0.2) is 0 Å². The summed E-state index contributed by atoms with van der Waals surface area (Å²) < 4.78 is 27.4. The molecule has 0 saturated carbocycles. The van der Waals surface area contributed by atoms with Crippen molar-refractivity contribution in [3.8, 4) is 0 Å². The van der Waals surface area contributed by atoms with Gasteiger partial charge in [0.25, 0.3) is 0 Å². The van der Waals surface area contributed by atoms with Gasteiger partial charge in [0.05, 0.1) is 10.8 Å². The summed E-state index contributed by atoms with van der Waals surface area (Å²) in [6.45, 7) is 6.34. The van der Waals surface area contributed by atoms with Crippen LogP contribution in [0, 0.1) is 26.7 Å². The summed E-state index contributed by atoms with van der Waals surface area (Å²) >= 11 is 0. The minimum absolute atomic E-state index is 0.0859. The number of amides is 1. The monoisotopic (exact) mass is 324 g/mol. The van der Waals surface area contributed by atoms with Crippen LogP contribution in [-0.4, -0.2) is 38.8 Å². The van der Waals surface area contributed by atoms with Crippen LogP contribution in [0.2, 0.25) is 0 Å². The average molecular weight is 324 g/mol. The number of hydrogen-bond acceptors (Lipinski definition) is 3. The minimum atomic E-state index is -3.56. The standard InChI is InChI=1S/C16H24N2O3S/c1-11-8-12(2)15(13(3)9-11)22(20,21)18-7-5-6-14(10-18)16(19)17-4/h8-9,14H,5-7,10H2,1-4H3,(H,17,19). The maximum atomic E-state index is 13.0. The zero-order valence-corrected chi connectivity index (χ0v) is 14.5. The lowest BCUT2D eigenvalue weighted by molar-refractivity contribution is -0.125. The average Bonchev–Trinajstić information content (AvgIpc) is 2.45. The van der Waals surface area contributed by atoms with Crippen LogP contribution in [0.1, 0.15) is 29.5 Å². The van der Waals surface area contributed by atoms with E-state index in [4.69, 9.17) is 0 Å². The first-order valence-corrected chi connectivity index (χ1v) is 9.01.